The largest absolute Gasteiger partial charge is 0.444 e. The molecule has 5 nitrogen and oxygen atoms in total. The molecule has 0 bridgehead atoms. The molecule has 0 spiro atoms. The van der Waals surface area contributed by atoms with E-state index >= 15 is 0 Å². The number of carbonyl (C=O) groups excluding carboxylic acids is 1. The lowest BCUT2D eigenvalue weighted by Gasteiger charge is -2.43. The number of rotatable bonds is 4. The molecule has 1 saturated carbocycles. The van der Waals surface area contributed by atoms with E-state index in [2.05, 4.69) is 16.3 Å². The fourth-order valence-electron chi connectivity index (χ4n) is 5.06. The Morgan fingerprint density at radius 2 is 1.88 bits per heavy atom. The number of amides is 1. The number of piperazine rings is 1. The summed E-state index contributed by atoms with van der Waals surface area (Å²) in [4.78, 5) is 16.6. The first kappa shape index (κ1) is 23.8. The molecule has 1 aromatic carbocycles. The highest BCUT2D eigenvalue weighted by atomic mass is 35.5. The Morgan fingerprint density at radius 3 is 2.53 bits per heavy atom. The van der Waals surface area contributed by atoms with E-state index in [1.807, 2.05) is 32.9 Å². The summed E-state index contributed by atoms with van der Waals surface area (Å²) >= 11 is 8.07. The zero-order chi connectivity index (χ0) is 22.9. The van der Waals surface area contributed by atoms with Gasteiger partial charge in [0.2, 0.25) is 0 Å². The van der Waals surface area contributed by atoms with Gasteiger partial charge in [-0.15, -0.1) is 11.3 Å². The van der Waals surface area contributed by atoms with Gasteiger partial charge in [-0.25, -0.2) is 4.79 Å². The lowest BCUT2D eigenvalue weighted by atomic mass is 9.72. The summed E-state index contributed by atoms with van der Waals surface area (Å²) in [5.74, 6) is 0.0306. The van der Waals surface area contributed by atoms with Gasteiger partial charge in [-0.1, -0.05) is 30.9 Å². The number of hydrogen-bond donors (Lipinski definition) is 1. The zero-order valence-corrected chi connectivity index (χ0v) is 21.0. The van der Waals surface area contributed by atoms with Crippen LogP contribution in [0.1, 0.15) is 64.4 Å². The van der Waals surface area contributed by atoms with Gasteiger partial charge in [-0.2, -0.15) is 0 Å². The molecule has 176 valence electrons. The molecule has 2 fully saturated rings. The number of nitrogens with zero attached hydrogens (tertiary/aromatic N) is 2. The molecule has 0 radical (unpaired) electrons. The molecule has 7 heteroatoms. The number of carbonyl (C=O) groups is 1. The first-order valence-electron chi connectivity index (χ1n) is 11.7. The van der Waals surface area contributed by atoms with Crippen LogP contribution in [-0.2, 0) is 4.74 Å². The van der Waals surface area contributed by atoms with E-state index < -0.39 is 11.2 Å². The molecule has 1 aliphatic heterocycles. The van der Waals surface area contributed by atoms with Crippen molar-refractivity contribution in [2.45, 2.75) is 70.0 Å². The van der Waals surface area contributed by atoms with E-state index in [0.29, 0.717) is 13.1 Å². The van der Waals surface area contributed by atoms with Crippen LogP contribution in [0.25, 0.3) is 10.1 Å². The fraction of sp³-hybridized carbons (Fsp3) is 0.640. The van der Waals surface area contributed by atoms with E-state index in [-0.39, 0.29) is 12.0 Å². The summed E-state index contributed by atoms with van der Waals surface area (Å²) in [7, 11) is 0. The van der Waals surface area contributed by atoms with Crippen LogP contribution in [0.3, 0.4) is 0 Å². The van der Waals surface area contributed by atoms with Gasteiger partial charge in [-0.05, 0) is 68.1 Å². The maximum absolute atomic E-state index is 12.4. The van der Waals surface area contributed by atoms with Crippen molar-refractivity contribution < 1.29 is 14.6 Å². The maximum Gasteiger partial charge on any atom is 0.410 e. The number of thiophene rings is 1. The Bertz CT molecular complexity index is 940. The molecule has 2 heterocycles. The van der Waals surface area contributed by atoms with Gasteiger partial charge in [0.05, 0.1) is 5.60 Å². The molecule has 1 saturated heterocycles. The third kappa shape index (κ3) is 5.41. The summed E-state index contributed by atoms with van der Waals surface area (Å²) in [6.45, 7) is 9.35. The molecule has 1 N–H and O–H groups in total. The molecule has 1 atom stereocenters. The second-order valence-corrected chi connectivity index (χ2v) is 11.7. The van der Waals surface area contributed by atoms with Gasteiger partial charge in [0, 0.05) is 48.4 Å². The van der Waals surface area contributed by atoms with Gasteiger partial charge in [0.1, 0.15) is 5.60 Å². The SMILES string of the molecule is CC(C)(C)OC(=O)N1CCN(CC(c2csc3ccc(Cl)cc23)C2(O)CCCCC2)CC1. The van der Waals surface area contributed by atoms with Crippen molar-refractivity contribution in [1.29, 1.82) is 0 Å². The van der Waals surface area contributed by atoms with Crippen LogP contribution in [0.15, 0.2) is 23.6 Å². The third-order valence-electron chi connectivity index (χ3n) is 6.77. The van der Waals surface area contributed by atoms with Crippen molar-refractivity contribution in [3.05, 3.63) is 34.2 Å². The van der Waals surface area contributed by atoms with Crippen LogP contribution in [0, 0.1) is 0 Å². The summed E-state index contributed by atoms with van der Waals surface area (Å²) in [5.41, 5.74) is 0.0355. The summed E-state index contributed by atoms with van der Waals surface area (Å²) in [6, 6.07) is 6.06. The average Bonchev–Trinajstić information content (AvgIpc) is 3.14. The van der Waals surface area contributed by atoms with Crippen LogP contribution in [0.2, 0.25) is 5.02 Å². The van der Waals surface area contributed by atoms with E-state index in [0.717, 1.165) is 50.3 Å². The van der Waals surface area contributed by atoms with E-state index in [9.17, 15) is 9.90 Å². The summed E-state index contributed by atoms with van der Waals surface area (Å²) in [5, 5.41) is 15.9. The van der Waals surface area contributed by atoms with Gasteiger partial charge < -0.3 is 14.7 Å². The van der Waals surface area contributed by atoms with Crippen molar-refractivity contribution in [3.8, 4) is 0 Å². The predicted molar refractivity (Wildman–Crippen MR) is 132 cm³/mol. The van der Waals surface area contributed by atoms with Crippen molar-refractivity contribution in [1.82, 2.24) is 9.80 Å². The monoisotopic (exact) mass is 478 g/mol. The van der Waals surface area contributed by atoms with Crippen molar-refractivity contribution in [2.75, 3.05) is 32.7 Å². The topological polar surface area (TPSA) is 53.0 Å². The number of fused-ring (bicyclic) bond motifs is 1. The van der Waals surface area contributed by atoms with Crippen molar-refractivity contribution >= 4 is 39.1 Å². The number of halogens is 1. The quantitative estimate of drug-likeness (QED) is 0.595. The second-order valence-electron chi connectivity index (χ2n) is 10.3. The Hall–Kier alpha value is -1.34. The Morgan fingerprint density at radius 1 is 1.19 bits per heavy atom. The standard InChI is InChI=1S/C25H35ClN2O3S/c1-24(2,3)31-23(29)28-13-11-27(12-14-28)16-21(25(30)9-5-4-6-10-25)20-17-32-22-8-7-18(26)15-19(20)22/h7-8,15,17,21,30H,4-6,9-14,16H2,1-3H3. The summed E-state index contributed by atoms with van der Waals surface area (Å²) in [6.07, 6.45) is 4.78. The highest BCUT2D eigenvalue weighted by Crippen LogP contribution is 2.44. The molecule has 4 rings (SSSR count). The maximum atomic E-state index is 12.4. The van der Waals surface area contributed by atoms with Crippen LogP contribution in [-0.4, -0.2) is 64.9 Å². The molecular formula is C25H35ClN2O3S. The molecule has 1 amide bonds. The van der Waals surface area contributed by atoms with E-state index in [1.54, 1.807) is 16.2 Å². The smallest absolute Gasteiger partial charge is 0.410 e. The first-order chi connectivity index (χ1) is 15.1. The average molecular weight is 479 g/mol. The van der Waals surface area contributed by atoms with Crippen LogP contribution in [0.4, 0.5) is 4.79 Å². The molecule has 1 aromatic heterocycles. The predicted octanol–water partition coefficient (Wildman–Crippen LogP) is 5.89. The number of benzene rings is 1. The summed E-state index contributed by atoms with van der Waals surface area (Å²) < 4.78 is 6.75. The minimum absolute atomic E-state index is 0.0306. The second kappa shape index (κ2) is 9.49. The highest BCUT2D eigenvalue weighted by Gasteiger charge is 2.41. The third-order valence-corrected chi connectivity index (χ3v) is 7.99. The van der Waals surface area contributed by atoms with Crippen LogP contribution >= 0.6 is 22.9 Å². The number of hydrogen-bond acceptors (Lipinski definition) is 5. The lowest BCUT2D eigenvalue weighted by molar-refractivity contribution is -0.0352. The van der Waals surface area contributed by atoms with Gasteiger partial charge in [0.25, 0.3) is 0 Å². The van der Waals surface area contributed by atoms with Gasteiger partial charge in [-0.3, -0.25) is 4.90 Å². The van der Waals surface area contributed by atoms with Crippen molar-refractivity contribution in [3.63, 3.8) is 0 Å². The normalized spacial score (nSPS) is 21.0. The molecule has 1 aliphatic carbocycles. The Balaban J connectivity index is 1.52. The van der Waals surface area contributed by atoms with E-state index in [1.165, 1.54) is 22.1 Å². The van der Waals surface area contributed by atoms with Gasteiger partial charge >= 0.3 is 6.09 Å². The Kier molecular flexibility index (Phi) is 7.06. The molecule has 2 aliphatic rings. The Labute approximate surface area is 200 Å². The van der Waals surface area contributed by atoms with Crippen LogP contribution in [0.5, 0.6) is 0 Å². The lowest BCUT2D eigenvalue weighted by Crippen LogP contribution is -2.52. The zero-order valence-electron chi connectivity index (χ0n) is 19.4. The molecule has 32 heavy (non-hydrogen) atoms. The first-order valence-corrected chi connectivity index (χ1v) is 13.0. The minimum atomic E-state index is -0.698. The van der Waals surface area contributed by atoms with Gasteiger partial charge in [0.15, 0.2) is 0 Å². The fourth-order valence-corrected chi connectivity index (χ4v) is 6.23. The molecular weight excluding hydrogens is 444 g/mol. The minimum Gasteiger partial charge on any atom is -0.444 e. The van der Waals surface area contributed by atoms with Crippen LogP contribution < -0.4 is 0 Å². The highest BCUT2D eigenvalue weighted by molar-refractivity contribution is 7.17. The number of ether oxygens (including phenoxy) is 1. The molecule has 1 unspecified atom stereocenters. The van der Waals surface area contributed by atoms with Crippen molar-refractivity contribution in [2.24, 2.45) is 0 Å². The molecule has 2 aromatic rings. The number of aliphatic hydroxyl groups is 1. The van der Waals surface area contributed by atoms with E-state index in [4.69, 9.17) is 16.3 Å².